The number of nitrogens with zero attached hydrogens (tertiary/aromatic N) is 1. The third-order valence-electron chi connectivity index (χ3n) is 1.60. The third-order valence-corrected chi connectivity index (χ3v) is 1.60. The largest absolute Gasteiger partial charge is 0.385 e. The van der Waals surface area contributed by atoms with Crippen LogP contribution in [0.1, 0.15) is 6.42 Å². The third kappa shape index (κ3) is 1.02. The van der Waals surface area contributed by atoms with Crippen molar-refractivity contribution in [3.05, 3.63) is 0 Å². The van der Waals surface area contributed by atoms with Gasteiger partial charge in [-0.2, -0.15) is 0 Å². The van der Waals surface area contributed by atoms with Gasteiger partial charge in [-0.3, -0.25) is 9.59 Å². The Morgan fingerprint density at radius 1 is 1.60 bits per heavy atom. The smallest absolute Gasteiger partial charge is 0.292 e. The number of hydrogen-bond donors (Lipinski definition) is 1. The van der Waals surface area contributed by atoms with Crippen LogP contribution in [0.4, 0.5) is 0 Å². The zero-order chi connectivity index (χ0) is 7.72. The zero-order valence-electron chi connectivity index (χ0n) is 5.70. The fourth-order valence-corrected chi connectivity index (χ4v) is 0.879. The molecule has 1 fully saturated rings. The molecule has 1 N–H and O–H groups in total. The van der Waals surface area contributed by atoms with E-state index in [0.717, 1.165) is 0 Å². The highest BCUT2D eigenvalue weighted by atomic mass is 16.3. The number of piperidine rings is 1. The first-order chi connectivity index (χ1) is 4.63. The van der Waals surface area contributed by atoms with Crippen LogP contribution >= 0.6 is 0 Å². The fourth-order valence-electron chi connectivity index (χ4n) is 0.879. The number of aliphatic hydroxyl groups excluding tert-OH is 1. The first-order valence-electron chi connectivity index (χ1n) is 3.10. The lowest BCUT2D eigenvalue weighted by Crippen LogP contribution is -2.46. The normalized spacial score (nSPS) is 27.4. The molecular formula is C6H9NO3. The minimum atomic E-state index is -1.07. The monoisotopic (exact) mass is 143 g/mol. The topological polar surface area (TPSA) is 57.6 Å². The van der Waals surface area contributed by atoms with Crippen LogP contribution in [-0.2, 0) is 9.59 Å². The van der Waals surface area contributed by atoms with Gasteiger partial charge in [0.15, 0.2) is 0 Å². The summed E-state index contributed by atoms with van der Waals surface area (Å²) in [6.07, 6.45) is -0.704. The van der Waals surface area contributed by atoms with Crippen LogP contribution in [0.5, 0.6) is 0 Å². The van der Waals surface area contributed by atoms with Crippen molar-refractivity contribution in [2.45, 2.75) is 12.5 Å². The number of hydrogen-bond acceptors (Lipinski definition) is 3. The number of Topliss-reactive ketones (excluding diaryl/α,β-unsaturated/α-hetero) is 1. The number of aliphatic hydroxyl groups is 1. The van der Waals surface area contributed by atoms with Crippen LogP contribution in [0, 0.1) is 0 Å². The lowest BCUT2D eigenvalue weighted by Gasteiger charge is -2.23. The van der Waals surface area contributed by atoms with Crippen molar-refractivity contribution >= 4 is 11.7 Å². The van der Waals surface area contributed by atoms with Gasteiger partial charge >= 0.3 is 0 Å². The fraction of sp³-hybridized carbons (Fsp3) is 0.667. The maximum absolute atomic E-state index is 10.8. The predicted octanol–water partition coefficient (Wildman–Crippen LogP) is -1.22. The molecule has 0 aromatic heterocycles. The number of amides is 1. The number of carbonyl (C=O) groups excluding carboxylic acids is 2. The molecule has 1 heterocycles. The summed E-state index contributed by atoms with van der Waals surface area (Å²) >= 11 is 0. The molecule has 0 radical (unpaired) electrons. The van der Waals surface area contributed by atoms with Gasteiger partial charge in [0.05, 0.1) is 0 Å². The predicted molar refractivity (Wildman–Crippen MR) is 33.3 cm³/mol. The summed E-state index contributed by atoms with van der Waals surface area (Å²) in [4.78, 5) is 22.8. The van der Waals surface area contributed by atoms with Crippen molar-refractivity contribution in [1.82, 2.24) is 4.90 Å². The lowest BCUT2D eigenvalue weighted by atomic mass is 10.1. The van der Waals surface area contributed by atoms with Gasteiger partial charge in [-0.25, -0.2) is 0 Å². The Morgan fingerprint density at radius 3 is 2.70 bits per heavy atom. The molecular weight excluding hydrogens is 134 g/mol. The number of rotatable bonds is 0. The standard InChI is InChI=1S/C6H9NO3/c1-7-3-2-4(8)5(9)6(7)10/h4,8H,2-3H2,1H3/t4-/m0/s1. The van der Waals surface area contributed by atoms with E-state index in [0.29, 0.717) is 13.0 Å². The van der Waals surface area contributed by atoms with Gasteiger partial charge in [0.1, 0.15) is 6.10 Å². The molecule has 1 aliphatic rings. The van der Waals surface area contributed by atoms with Crippen molar-refractivity contribution in [2.75, 3.05) is 13.6 Å². The van der Waals surface area contributed by atoms with Crippen molar-refractivity contribution < 1.29 is 14.7 Å². The molecule has 0 aromatic rings. The molecule has 1 saturated heterocycles. The van der Waals surface area contributed by atoms with Gasteiger partial charge in [0, 0.05) is 13.6 Å². The summed E-state index contributed by atoms with van der Waals surface area (Å²) in [6.45, 7) is 0.464. The lowest BCUT2D eigenvalue weighted by molar-refractivity contribution is -0.151. The highest BCUT2D eigenvalue weighted by Gasteiger charge is 2.30. The van der Waals surface area contributed by atoms with E-state index in [-0.39, 0.29) is 0 Å². The molecule has 0 saturated carbocycles. The van der Waals surface area contributed by atoms with Gasteiger partial charge in [0.2, 0.25) is 5.78 Å². The summed E-state index contributed by atoms with van der Waals surface area (Å²) in [5.41, 5.74) is 0. The van der Waals surface area contributed by atoms with Crippen LogP contribution in [0.3, 0.4) is 0 Å². The molecule has 4 heteroatoms. The average Bonchev–Trinajstić information content (AvgIpc) is 1.93. The second-order valence-electron chi connectivity index (χ2n) is 2.40. The van der Waals surface area contributed by atoms with Gasteiger partial charge in [-0.15, -0.1) is 0 Å². The van der Waals surface area contributed by atoms with E-state index in [1.165, 1.54) is 4.90 Å². The van der Waals surface area contributed by atoms with Crippen molar-refractivity contribution in [3.63, 3.8) is 0 Å². The van der Waals surface area contributed by atoms with E-state index in [1.807, 2.05) is 0 Å². The molecule has 1 amide bonds. The number of ketones is 1. The molecule has 0 aromatic carbocycles. The van der Waals surface area contributed by atoms with Crippen molar-refractivity contribution in [1.29, 1.82) is 0 Å². The van der Waals surface area contributed by atoms with E-state index in [2.05, 4.69) is 0 Å². The van der Waals surface area contributed by atoms with Gasteiger partial charge < -0.3 is 10.0 Å². The van der Waals surface area contributed by atoms with Crippen LogP contribution in [0.25, 0.3) is 0 Å². The molecule has 1 atom stereocenters. The van der Waals surface area contributed by atoms with Crippen LogP contribution in [0.2, 0.25) is 0 Å². The Morgan fingerprint density at radius 2 is 2.20 bits per heavy atom. The van der Waals surface area contributed by atoms with E-state index in [9.17, 15) is 9.59 Å². The molecule has 10 heavy (non-hydrogen) atoms. The maximum atomic E-state index is 10.8. The molecule has 1 aliphatic heterocycles. The van der Waals surface area contributed by atoms with Gasteiger partial charge in [0.25, 0.3) is 5.91 Å². The Kier molecular flexibility index (Phi) is 1.72. The SMILES string of the molecule is CN1CC[C@H](O)C(=O)C1=O. The number of carbonyl (C=O) groups is 2. The Labute approximate surface area is 58.4 Å². The van der Waals surface area contributed by atoms with Gasteiger partial charge in [-0.05, 0) is 6.42 Å². The first-order valence-corrected chi connectivity index (χ1v) is 3.10. The Bertz CT molecular complexity index is 158. The summed E-state index contributed by atoms with van der Waals surface area (Å²) in [7, 11) is 1.55. The number of likely N-dealkylation sites (N-methyl/N-ethyl adjacent to an activating group) is 1. The number of likely N-dealkylation sites (tertiary alicyclic amines) is 1. The highest BCUT2D eigenvalue weighted by molar-refractivity contribution is 6.38. The molecule has 56 valence electrons. The summed E-state index contributed by atoms with van der Waals surface area (Å²) in [6, 6.07) is 0. The first kappa shape index (κ1) is 7.21. The van der Waals surface area contributed by atoms with E-state index < -0.39 is 17.8 Å². The summed E-state index contributed by atoms with van der Waals surface area (Å²) in [5.74, 6) is -1.27. The van der Waals surface area contributed by atoms with Crippen molar-refractivity contribution in [2.24, 2.45) is 0 Å². The zero-order valence-corrected chi connectivity index (χ0v) is 5.70. The summed E-state index contributed by atoms with van der Waals surface area (Å²) in [5, 5.41) is 8.87. The van der Waals surface area contributed by atoms with Gasteiger partial charge in [-0.1, -0.05) is 0 Å². The second-order valence-corrected chi connectivity index (χ2v) is 2.40. The van der Waals surface area contributed by atoms with Crippen LogP contribution in [-0.4, -0.2) is 41.4 Å². The minimum absolute atomic E-state index is 0.362. The average molecular weight is 143 g/mol. The molecule has 4 nitrogen and oxygen atoms in total. The molecule has 0 bridgehead atoms. The quantitative estimate of drug-likeness (QED) is 0.432. The highest BCUT2D eigenvalue weighted by Crippen LogP contribution is 2.05. The molecule has 0 aliphatic carbocycles. The van der Waals surface area contributed by atoms with E-state index in [1.54, 1.807) is 7.05 Å². The Hall–Kier alpha value is -0.900. The van der Waals surface area contributed by atoms with Crippen molar-refractivity contribution in [3.8, 4) is 0 Å². The molecule has 0 spiro atoms. The Balaban J connectivity index is 2.70. The molecule has 1 rings (SSSR count). The van der Waals surface area contributed by atoms with E-state index >= 15 is 0 Å². The summed E-state index contributed by atoms with van der Waals surface area (Å²) < 4.78 is 0. The van der Waals surface area contributed by atoms with Crippen LogP contribution in [0.15, 0.2) is 0 Å². The molecule has 0 unspecified atom stereocenters. The minimum Gasteiger partial charge on any atom is -0.385 e. The maximum Gasteiger partial charge on any atom is 0.292 e. The van der Waals surface area contributed by atoms with E-state index in [4.69, 9.17) is 5.11 Å². The second kappa shape index (κ2) is 2.38. The van der Waals surface area contributed by atoms with Crippen LogP contribution < -0.4 is 0 Å².